The molecule has 0 radical (unpaired) electrons. The summed E-state index contributed by atoms with van der Waals surface area (Å²) in [5.41, 5.74) is 7.00. The average Bonchev–Trinajstić information content (AvgIpc) is 3.40. The van der Waals surface area contributed by atoms with Crippen molar-refractivity contribution >= 4 is 23.9 Å². The molecule has 1 N–H and O–H groups in total. The Kier molecular flexibility index (Phi) is 6.46. The zero-order valence-corrected chi connectivity index (χ0v) is 17.7. The summed E-state index contributed by atoms with van der Waals surface area (Å²) in [6.07, 6.45) is 6.69. The van der Waals surface area contributed by atoms with Crippen molar-refractivity contribution in [1.29, 1.82) is 0 Å². The van der Waals surface area contributed by atoms with Gasteiger partial charge in [-0.3, -0.25) is 14.9 Å². The molecule has 0 saturated carbocycles. The Balaban J connectivity index is 1.60. The van der Waals surface area contributed by atoms with E-state index in [-0.39, 0.29) is 11.6 Å². The van der Waals surface area contributed by atoms with Gasteiger partial charge in [-0.25, -0.2) is 5.43 Å². The predicted molar refractivity (Wildman–Crippen MR) is 119 cm³/mol. The van der Waals surface area contributed by atoms with Crippen LogP contribution in [0.3, 0.4) is 0 Å². The minimum atomic E-state index is -0.391. The van der Waals surface area contributed by atoms with Gasteiger partial charge in [-0.15, -0.1) is 0 Å². The van der Waals surface area contributed by atoms with Crippen molar-refractivity contribution in [1.82, 2.24) is 10.3 Å². The summed E-state index contributed by atoms with van der Waals surface area (Å²) < 4.78 is 10.7. The van der Waals surface area contributed by atoms with Gasteiger partial charge >= 0.3 is 0 Å². The largest absolute Gasteiger partial charge is 0.469 e. The van der Waals surface area contributed by atoms with Crippen molar-refractivity contribution < 1.29 is 18.9 Å². The molecule has 2 heterocycles. The third-order valence-corrected chi connectivity index (χ3v) is 5.51. The fourth-order valence-corrected chi connectivity index (χ4v) is 3.95. The SMILES string of the molecule is Cc1occc1C(=O)N/N=C/C1=C(N2CCOCC2)C(=C/c2cccc([N+](=O)[O-])c2)/CC1. The van der Waals surface area contributed by atoms with Gasteiger partial charge in [0.15, 0.2) is 0 Å². The summed E-state index contributed by atoms with van der Waals surface area (Å²) in [5, 5.41) is 15.3. The number of aryl methyl sites for hydroxylation is 1. The zero-order valence-electron chi connectivity index (χ0n) is 17.7. The van der Waals surface area contributed by atoms with E-state index in [9.17, 15) is 14.9 Å². The fraction of sp³-hybridized carbons (Fsp3) is 0.304. The molecule has 1 aliphatic carbocycles. The molecule has 0 spiro atoms. The Morgan fingerprint density at radius 1 is 1.25 bits per heavy atom. The van der Waals surface area contributed by atoms with Crippen LogP contribution in [0.2, 0.25) is 0 Å². The molecule has 2 aliphatic rings. The lowest BCUT2D eigenvalue weighted by Crippen LogP contribution is -2.36. The second-order valence-electron chi connectivity index (χ2n) is 7.58. The smallest absolute Gasteiger partial charge is 0.274 e. The highest BCUT2D eigenvalue weighted by molar-refractivity contribution is 5.95. The summed E-state index contributed by atoms with van der Waals surface area (Å²) >= 11 is 0. The van der Waals surface area contributed by atoms with Crippen molar-refractivity contribution in [3.05, 3.63) is 80.4 Å². The number of ether oxygens (including phenoxy) is 1. The quantitative estimate of drug-likeness (QED) is 0.420. The summed E-state index contributed by atoms with van der Waals surface area (Å²) in [6, 6.07) is 8.21. The summed E-state index contributed by atoms with van der Waals surface area (Å²) in [6.45, 7) is 4.49. The lowest BCUT2D eigenvalue weighted by Gasteiger charge is -2.31. The van der Waals surface area contributed by atoms with Crippen LogP contribution in [0, 0.1) is 17.0 Å². The Bertz CT molecular complexity index is 1110. The number of amides is 1. The highest BCUT2D eigenvalue weighted by atomic mass is 16.6. The molecule has 4 rings (SSSR count). The lowest BCUT2D eigenvalue weighted by molar-refractivity contribution is -0.384. The molecule has 0 unspecified atom stereocenters. The molecule has 1 saturated heterocycles. The number of hydrogen-bond donors (Lipinski definition) is 1. The van der Waals surface area contributed by atoms with E-state index in [1.54, 1.807) is 31.3 Å². The number of hydrogen-bond acceptors (Lipinski definition) is 7. The number of furan rings is 1. The number of nitrogens with one attached hydrogen (secondary N) is 1. The summed E-state index contributed by atoms with van der Waals surface area (Å²) in [4.78, 5) is 25.3. The number of carbonyl (C=O) groups is 1. The molecule has 9 heteroatoms. The van der Waals surface area contributed by atoms with Gasteiger partial charge in [0, 0.05) is 30.9 Å². The number of nitro groups is 1. The number of allylic oxidation sites excluding steroid dienone is 2. The highest BCUT2D eigenvalue weighted by Gasteiger charge is 2.25. The molecule has 32 heavy (non-hydrogen) atoms. The number of nitrogens with zero attached hydrogens (tertiary/aromatic N) is 3. The second kappa shape index (κ2) is 9.61. The van der Waals surface area contributed by atoms with Gasteiger partial charge in [-0.1, -0.05) is 12.1 Å². The van der Waals surface area contributed by atoms with E-state index in [1.165, 1.54) is 12.3 Å². The monoisotopic (exact) mass is 436 g/mol. The van der Waals surface area contributed by atoms with E-state index in [0.717, 1.165) is 48.3 Å². The third-order valence-electron chi connectivity index (χ3n) is 5.51. The van der Waals surface area contributed by atoms with Crippen molar-refractivity contribution in [2.75, 3.05) is 26.3 Å². The van der Waals surface area contributed by atoms with Crippen molar-refractivity contribution in [3.8, 4) is 0 Å². The molecular formula is C23H24N4O5. The molecule has 1 aromatic heterocycles. The van der Waals surface area contributed by atoms with Crippen LogP contribution in [0.1, 0.15) is 34.5 Å². The standard InChI is InChI=1S/C23H24N4O5/c1-16-21(7-10-32-16)23(28)25-24-15-19-6-5-18(22(19)26-8-11-31-12-9-26)13-17-3-2-4-20(14-17)27(29)30/h2-4,7,10,13-15H,5-6,8-9,11-12H2,1H3,(H,25,28)/b18-13+,24-15+. The Hall–Kier alpha value is -3.72. The first kappa shape index (κ1) is 21.5. The number of morpholine rings is 1. The van der Waals surface area contributed by atoms with Crippen LogP contribution >= 0.6 is 0 Å². The first-order chi connectivity index (χ1) is 15.5. The number of benzene rings is 1. The van der Waals surface area contributed by atoms with Gasteiger partial charge in [0.1, 0.15) is 5.76 Å². The minimum Gasteiger partial charge on any atom is -0.469 e. The predicted octanol–water partition coefficient (Wildman–Crippen LogP) is 3.68. The van der Waals surface area contributed by atoms with E-state index in [1.807, 2.05) is 12.1 Å². The fourth-order valence-electron chi connectivity index (χ4n) is 3.95. The molecule has 1 fully saturated rings. The van der Waals surface area contributed by atoms with Gasteiger partial charge in [0.25, 0.3) is 11.6 Å². The van der Waals surface area contributed by atoms with E-state index in [4.69, 9.17) is 9.15 Å². The first-order valence-corrected chi connectivity index (χ1v) is 10.4. The number of rotatable bonds is 6. The van der Waals surface area contributed by atoms with Gasteiger partial charge in [-0.2, -0.15) is 5.10 Å². The number of hydrazone groups is 1. The highest BCUT2D eigenvalue weighted by Crippen LogP contribution is 2.35. The second-order valence-corrected chi connectivity index (χ2v) is 7.58. The van der Waals surface area contributed by atoms with Gasteiger partial charge in [0.2, 0.25) is 0 Å². The number of carbonyl (C=O) groups excluding carboxylic acids is 1. The number of nitro benzene ring substituents is 1. The van der Waals surface area contributed by atoms with E-state index in [2.05, 4.69) is 15.4 Å². The Morgan fingerprint density at radius 2 is 2.06 bits per heavy atom. The molecule has 0 bridgehead atoms. The summed E-state index contributed by atoms with van der Waals surface area (Å²) in [5.74, 6) is 0.209. The van der Waals surface area contributed by atoms with Crippen LogP contribution in [0.15, 0.2) is 63.0 Å². The zero-order chi connectivity index (χ0) is 22.5. The van der Waals surface area contributed by atoms with Crippen LogP contribution in [0.5, 0.6) is 0 Å². The molecule has 0 atom stereocenters. The maximum absolute atomic E-state index is 12.3. The molecule has 2 aromatic rings. The molecule has 1 amide bonds. The van der Waals surface area contributed by atoms with Crippen LogP contribution in [0.25, 0.3) is 6.08 Å². The van der Waals surface area contributed by atoms with Crippen LogP contribution in [-0.2, 0) is 4.74 Å². The first-order valence-electron chi connectivity index (χ1n) is 10.4. The van der Waals surface area contributed by atoms with Crippen LogP contribution < -0.4 is 5.43 Å². The van der Waals surface area contributed by atoms with Gasteiger partial charge < -0.3 is 14.1 Å². The van der Waals surface area contributed by atoms with Crippen molar-refractivity contribution in [2.24, 2.45) is 5.10 Å². The number of non-ortho nitro benzene ring substituents is 1. The Labute approximate surface area is 185 Å². The molecule has 1 aliphatic heterocycles. The van der Waals surface area contributed by atoms with Gasteiger partial charge in [0.05, 0.1) is 36.2 Å². The summed E-state index contributed by atoms with van der Waals surface area (Å²) in [7, 11) is 0. The molecule has 9 nitrogen and oxygen atoms in total. The van der Waals surface area contributed by atoms with Crippen molar-refractivity contribution in [2.45, 2.75) is 19.8 Å². The Morgan fingerprint density at radius 3 is 2.78 bits per heavy atom. The average molecular weight is 436 g/mol. The normalized spacial score (nSPS) is 18.0. The topological polar surface area (TPSA) is 110 Å². The van der Waals surface area contributed by atoms with E-state index >= 15 is 0 Å². The minimum absolute atomic E-state index is 0.0632. The van der Waals surface area contributed by atoms with Crippen molar-refractivity contribution in [3.63, 3.8) is 0 Å². The third kappa shape index (κ3) is 4.78. The maximum atomic E-state index is 12.3. The van der Waals surface area contributed by atoms with E-state index in [0.29, 0.717) is 24.5 Å². The lowest BCUT2D eigenvalue weighted by atomic mass is 10.1. The van der Waals surface area contributed by atoms with Crippen LogP contribution in [-0.4, -0.2) is 48.2 Å². The molecule has 166 valence electrons. The van der Waals surface area contributed by atoms with E-state index < -0.39 is 4.92 Å². The molecule has 1 aromatic carbocycles. The molecular weight excluding hydrogens is 412 g/mol. The maximum Gasteiger partial charge on any atom is 0.274 e. The van der Waals surface area contributed by atoms with Crippen LogP contribution in [0.4, 0.5) is 5.69 Å². The van der Waals surface area contributed by atoms with Gasteiger partial charge in [-0.05, 0) is 48.6 Å².